The summed E-state index contributed by atoms with van der Waals surface area (Å²) in [6.07, 6.45) is 3.03. The summed E-state index contributed by atoms with van der Waals surface area (Å²) in [5.41, 5.74) is 9.72. The second-order valence-electron chi connectivity index (χ2n) is 5.89. The van der Waals surface area contributed by atoms with Crippen molar-refractivity contribution in [2.75, 3.05) is 12.8 Å². The van der Waals surface area contributed by atoms with E-state index in [0.717, 1.165) is 22.0 Å². The van der Waals surface area contributed by atoms with Gasteiger partial charge >= 0.3 is 0 Å². The first kappa shape index (κ1) is 17.2. The molecular weight excluding hydrogens is 367 g/mol. The maximum Gasteiger partial charge on any atom is 0.141 e. The molecule has 2 aromatic heterocycles. The predicted octanol–water partition coefficient (Wildman–Crippen LogP) is 4.74. The fourth-order valence-electron chi connectivity index (χ4n) is 2.89. The van der Waals surface area contributed by atoms with Gasteiger partial charge in [-0.15, -0.1) is 0 Å². The van der Waals surface area contributed by atoms with Crippen LogP contribution in [0.2, 0.25) is 5.02 Å². The SMILES string of the molecule is COc1cnc(-c2ccc(F)c(Cl)c2)c(-c2ccc3ncnc(N)c3c2)c1. The number of nitrogens with zero attached hydrogens (tertiary/aromatic N) is 3. The smallest absolute Gasteiger partial charge is 0.141 e. The largest absolute Gasteiger partial charge is 0.495 e. The Labute approximate surface area is 159 Å². The number of hydrogen-bond acceptors (Lipinski definition) is 5. The third-order valence-electron chi connectivity index (χ3n) is 4.27. The van der Waals surface area contributed by atoms with Gasteiger partial charge in [0.2, 0.25) is 0 Å². The molecule has 134 valence electrons. The number of ether oxygens (including phenoxy) is 1. The zero-order valence-corrected chi connectivity index (χ0v) is 15.0. The number of fused-ring (bicyclic) bond motifs is 1. The second-order valence-corrected chi connectivity index (χ2v) is 6.30. The van der Waals surface area contributed by atoms with Crippen molar-refractivity contribution in [1.29, 1.82) is 0 Å². The molecule has 0 amide bonds. The molecule has 2 heterocycles. The van der Waals surface area contributed by atoms with Crippen molar-refractivity contribution >= 4 is 28.3 Å². The highest BCUT2D eigenvalue weighted by Crippen LogP contribution is 2.36. The van der Waals surface area contributed by atoms with Crippen molar-refractivity contribution in [1.82, 2.24) is 15.0 Å². The Kier molecular flexibility index (Phi) is 4.33. The molecule has 0 aliphatic heterocycles. The highest BCUT2D eigenvalue weighted by atomic mass is 35.5. The van der Waals surface area contributed by atoms with E-state index in [9.17, 15) is 4.39 Å². The summed E-state index contributed by atoms with van der Waals surface area (Å²) < 4.78 is 18.9. The van der Waals surface area contributed by atoms with Gasteiger partial charge in [0, 0.05) is 16.5 Å². The van der Waals surface area contributed by atoms with Gasteiger partial charge < -0.3 is 10.5 Å². The van der Waals surface area contributed by atoms with E-state index in [1.807, 2.05) is 24.3 Å². The normalized spacial score (nSPS) is 10.9. The summed E-state index contributed by atoms with van der Waals surface area (Å²) in [7, 11) is 1.57. The maximum atomic E-state index is 13.6. The van der Waals surface area contributed by atoms with Gasteiger partial charge in [-0.1, -0.05) is 17.7 Å². The Balaban J connectivity index is 1.96. The molecule has 0 saturated heterocycles. The lowest BCUT2D eigenvalue weighted by molar-refractivity contribution is 0.413. The molecule has 2 aromatic carbocycles. The molecule has 2 N–H and O–H groups in total. The van der Waals surface area contributed by atoms with Crippen LogP contribution in [0.15, 0.2) is 55.0 Å². The van der Waals surface area contributed by atoms with Crippen molar-refractivity contribution < 1.29 is 9.13 Å². The summed E-state index contributed by atoms with van der Waals surface area (Å²) in [5, 5.41) is 0.771. The van der Waals surface area contributed by atoms with E-state index in [2.05, 4.69) is 15.0 Å². The van der Waals surface area contributed by atoms with Crippen LogP contribution in [0.1, 0.15) is 0 Å². The van der Waals surface area contributed by atoms with Crippen LogP contribution in [-0.4, -0.2) is 22.1 Å². The fraction of sp³-hybridized carbons (Fsp3) is 0.0500. The molecule has 0 aliphatic carbocycles. The summed E-state index contributed by atoms with van der Waals surface area (Å²) in [6, 6.07) is 12.0. The minimum absolute atomic E-state index is 0.0345. The van der Waals surface area contributed by atoms with Crippen LogP contribution in [0.3, 0.4) is 0 Å². The lowest BCUT2D eigenvalue weighted by Crippen LogP contribution is -1.95. The molecule has 5 nitrogen and oxygen atoms in total. The Morgan fingerprint density at radius 1 is 1.00 bits per heavy atom. The van der Waals surface area contributed by atoms with Crippen LogP contribution >= 0.6 is 11.6 Å². The van der Waals surface area contributed by atoms with Crippen molar-refractivity contribution in [2.45, 2.75) is 0 Å². The van der Waals surface area contributed by atoms with Gasteiger partial charge in [0.15, 0.2) is 0 Å². The van der Waals surface area contributed by atoms with Crippen LogP contribution < -0.4 is 10.5 Å². The summed E-state index contributed by atoms with van der Waals surface area (Å²) in [4.78, 5) is 12.8. The molecule has 0 unspecified atom stereocenters. The van der Waals surface area contributed by atoms with E-state index in [1.165, 1.54) is 12.4 Å². The molecule has 0 atom stereocenters. The van der Waals surface area contributed by atoms with Crippen LogP contribution in [-0.2, 0) is 0 Å². The number of aromatic nitrogens is 3. The average molecular weight is 381 g/mol. The molecule has 0 radical (unpaired) electrons. The summed E-state index contributed by atoms with van der Waals surface area (Å²) >= 11 is 5.96. The standard InChI is InChI=1S/C20H14ClFN4O/c1-27-13-8-14(11-3-5-18-15(6-11)20(23)26-10-25-18)19(24-9-13)12-2-4-17(22)16(21)7-12/h2-10H,1H3,(H2,23,25,26). The van der Waals surface area contributed by atoms with Crippen LogP contribution in [0.5, 0.6) is 5.75 Å². The van der Waals surface area contributed by atoms with Crippen LogP contribution in [0.4, 0.5) is 10.2 Å². The topological polar surface area (TPSA) is 73.9 Å². The van der Waals surface area contributed by atoms with Gasteiger partial charge in [-0.05, 0) is 42.0 Å². The van der Waals surface area contributed by atoms with Gasteiger partial charge in [-0.2, -0.15) is 0 Å². The number of benzene rings is 2. The number of halogens is 2. The van der Waals surface area contributed by atoms with E-state index in [-0.39, 0.29) is 5.02 Å². The molecule has 0 fully saturated rings. The van der Waals surface area contributed by atoms with E-state index in [1.54, 1.807) is 25.4 Å². The first-order valence-corrected chi connectivity index (χ1v) is 8.44. The Morgan fingerprint density at radius 3 is 2.59 bits per heavy atom. The van der Waals surface area contributed by atoms with Crippen LogP contribution in [0, 0.1) is 5.82 Å². The number of rotatable bonds is 3. The number of hydrogen-bond donors (Lipinski definition) is 1. The lowest BCUT2D eigenvalue weighted by atomic mass is 9.98. The fourth-order valence-corrected chi connectivity index (χ4v) is 3.08. The first-order chi connectivity index (χ1) is 13.1. The van der Waals surface area contributed by atoms with Gasteiger partial charge in [-0.25, -0.2) is 14.4 Å². The highest BCUT2D eigenvalue weighted by molar-refractivity contribution is 6.31. The van der Waals surface area contributed by atoms with E-state index in [0.29, 0.717) is 22.8 Å². The average Bonchev–Trinajstić information content (AvgIpc) is 2.70. The van der Waals surface area contributed by atoms with Crippen molar-refractivity contribution in [2.24, 2.45) is 0 Å². The number of nitrogens with two attached hydrogens (primary N) is 1. The molecule has 0 spiro atoms. The van der Waals surface area contributed by atoms with Gasteiger partial charge in [-0.3, -0.25) is 4.98 Å². The van der Waals surface area contributed by atoms with Gasteiger partial charge in [0.05, 0.1) is 29.5 Å². The van der Waals surface area contributed by atoms with Gasteiger partial charge in [0.25, 0.3) is 0 Å². The Bertz CT molecular complexity index is 1170. The minimum Gasteiger partial charge on any atom is -0.495 e. The molecule has 7 heteroatoms. The van der Waals surface area contributed by atoms with Crippen molar-refractivity contribution in [3.05, 3.63) is 65.8 Å². The molecule has 0 aliphatic rings. The molecular formula is C20H14ClFN4O. The molecule has 4 aromatic rings. The second kappa shape index (κ2) is 6.81. The Hall–Kier alpha value is -3.25. The van der Waals surface area contributed by atoms with E-state index in [4.69, 9.17) is 22.1 Å². The molecule has 0 bridgehead atoms. The lowest BCUT2D eigenvalue weighted by Gasteiger charge is -2.12. The molecule has 4 rings (SSSR count). The number of methoxy groups -OCH3 is 1. The van der Waals surface area contributed by atoms with Crippen LogP contribution in [0.25, 0.3) is 33.3 Å². The van der Waals surface area contributed by atoms with E-state index >= 15 is 0 Å². The number of nitrogen functional groups attached to an aromatic ring is 1. The summed E-state index contributed by atoms with van der Waals surface area (Å²) in [5.74, 6) is 0.509. The minimum atomic E-state index is -0.480. The van der Waals surface area contributed by atoms with Crippen molar-refractivity contribution in [3.63, 3.8) is 0 Å². The monoisotopic (exact) mass is 380 g/mol. The molecule has 0 saturated carbocycles. The molecule has 27 heavy (non-hydrogen) atoms. The van der Waals surface area contributed by atoms with Gasteiger partial charge in [0.1, 0.15) is 23.7 Å². The third kappa shape index (κ3) is 3.15. The zero-order valence-electron chi connectivity index (χ0n) is 14.3. The van der Waals surface area contributed by atoms with Crippen molar-refractivity contribution in [3.8, 4) is 28.1 Å². The number of pyridine rings is 1. The Morgan fingerprint density at radius 2 is 1.81 bits per heavy atom. The maximum absolute atomic E-state index is 13.6. The third-order valence-corrected chi connectivity index (χ3v) is 4.56. The zero-order chi connectivity index (χ0) is 19.0. The quantitative estimate of drug-likeness (QED) is 0.555. The first-order valence-electron chi connectivity index (χ1n) is 8.07. The highest BCUT2D eigenvalue weighted by Gasteiger charge is 2.14. The van der Waals surface area contributed by atoms with E-state index < -0.39 is 5.82 Å². The summed E-state index contributed by atoms with van der Waals surface area (Å²) in [6.45, 7) is 0. The predicted molar refractivity (Wildman–Crippen MR) is 104 cm³/mol. The number of anilines is 1.